The molecule has 0 bridgehead atoms. The van der Waals surface area contributed by atoms with E-state index in [2.05, 4.69) is 29.5 Å². The summed E-state index contributed by atoms with van der Waals surface area (Å²) in [4.78, 5) is 0. The van der Waals surface area contributed by atoms with Crippen LogP contribution in [0.5, 0.6) is 0 Å². The van der Waals surface area contributed by atoms with Crippen LogP contribution in [0.1, 0.15) is 24.9 Å². The van der Waals surface area contributed by atoms with Gasteiger partial charge in [0.15, 0.2) is 0 Å². The van der Waals surface area contributed by atoms with Crippen LogP contribution in [-0.4, -0.2) is 0 Å². The minimum atomic E-state index is 0.0692. The predicted molar refractivity (Wildman–Crippen MR) is 60.8 cm³/mol. The second kappa shape index (κ2) is 4.09. The Bertz CT molecular complexity index is 273. The monoisotopic (exact) mass is 276 g/mol. The van der Waals surface area contributed by atoms with Crippen molar-refractivity contribution in [3.8, 4) is 0 Å². The van der Waals surface area contributed by atoms with Crippen LogP contribution in [0.4, 0.5) is 5.69 Å². The number of benzene rings is 1. The highest BCUT2D eigenvalue weighted by atomic mass is 127. The maximum Gasteiger partial charge on any atom is 0.0363 e. The van der Waals surface area contributed by atoms with E-state index < -0.39 is 0 Å². The molecule has 1 rings (SSSR count). The molecule has 4 N–H and O–H groups in total. The molecule has 3 heteroatoms. The molecule has 0 radical (unpaired) electrons. The Kier molecular flexibility index (Phi) is 3.34. The van der Waals surface area contributed by atoms with Crippen molar-refractivity contribution in [2.45, 2.75) is 19.4 Å². The summed E-state index contributed by atoms with van der Waals surface area (Å²) in [6.45, 7) is 2.06. The summed E-state index contributed by atoms with van der Waals surface area (Å²) in [5, 5.41) is 0. The average molecular weight is 276 g/mol. The van der Waals surface area contributed by atoms with E-state index in [1.165, 1.54) is 3.57 Å². The first kappa shape index (κ1) is 9.80. The quantitative estimate of drug-likeness (QED) is 0.643. The molecule has 1 aromatic carbocycles. The number of nitrogen functional groups attached to an aromatic ring is 1. The fraction of sp³-hybridized carbons (Fsp3) is 0.333. The van der Waals surface area contributed by atoms with Crippen LogP contribution in [0.2, 0.25) is 0 Å². The van der Waals surface area contributed by atoms with Crippen molar-refractivity contribution in [2.75, 3.05) is 5.73 Å². The molecule has 0 aliphatic heterocycles. The molecular formula is C9H13IN2. The zero-order chi connectivity index (χ0) is 9.14. The molecule has 0 aromatic heterocycles. The normalized spacial score (nSPS) is 12.9. The van der Waals surface area contributed by atoms with Gasteiger partial charge in [-0.05, 0) is 52.8 Å². The molecule has 66 valence electrons. The second-order valence-electron chi connectivity index (χ2n) is 2.79. The topological polar surface area (TPSA) is 52.0 Å². The molecule has 0 heterocycles. The van der Waals surface area contributed by atoms with Gasteiger partial charge < -0.3 is 11.5 Å². The zero-order valence-electron chi connectivity index (χ0n) is 7.05. The van der Waals surface area contributed by atoms with Crippen LogP contribution in [-0.2, 0) is 0 Å². The van der Waals surface area contributed by atoms with E-state index in [4.69, 9.17) is 11.5 Å². The van der Waals surface area contributed by atoms with Gasteiger partial charge in [-0.3, -0.25) is 0 Å². The summed E-state index contributed by atoms with van der Waals surface area (Å²) < 4.78 is 1.18. The Morgan fingerprint density at radius 1 is 1.50 bits per heavy atom. The van der Waals surface area contributed by atoms with E-state index in [1.54, 1.807) is 0 Å². The molecule has 0 amide bonds. The summed E-state index contributed by atoms with van der Waals surface area (Å²) in [7, 11) is 0. The van der Waals surface area contributed by atoms with Crippen molar-refractivity contribution < 1.29 is 0 Å². The van der Waals surface area contributed by atoms with Gasteiger partial charge in [-0.1, -0.05) is 6.92 Å². The van der Waals surface area contributed by atoms with Crippen molar-refractivity contribution in [3.05, 3.63) is 27.3 Å². The second-order valence-corrected chi connectivity index (χ2v) is 4.03. The Labute approximate surface area is 86.5 Å². The molecule has 0 aliphatic rings. The summed E-state index contributed by atoms with van der Waals surface area (Å²) in [5.74, 6) is 0. The summed E-state index contributed by atoms with van der Waals surface area (Å²) in [6, 6.07) is 6.01. The zero-order valence-corrected chi connectivity index (χ0v) is 9.21. The van der Waals surface area contributed by atoms with Crippen molar-refractivity contribution in [3.63, 3.8) is 0 Å². The van der Waals surface area contributed by atoms with Gasteiger partial charge in [0.05, 0.1) is 0 Å². The SMILES string of the molecule is CC[C@H](N)c1cc(I)ccc1N. The third kappa shape index (κ3) is 2.10. The van der Waals surface area contributed by atoms with Crippen molar-refractivity contribution in [1.29, 1.82) is 0 Å². The fourth-order valence-corrected chi connectivity index (χ4v) is 1.60. The number of nitrogens with two attached hydrogens (primary N) is 2. The molecule has 2 nitrogen and oxygen atoms in total. The largest absolute Gasteiger partial charge is 0.398 e. The fourth-order valence-electron chi connectivity index (χ4n) is 1.09. The maximum absolute atomic E-state index is 5.88. The van der Waals surface area contributed by atoms with Crippen LogP contribution < -0.4 is 11.5 Å². The van der Waals surface area contributed by atoms with Gasteiger partial charge in [0.1, 0.15) is 0 Å². The molecule has 0 aliphatic carbocycles. The number of rotatable bonds is 2. The van der Waals surface area contributed by atoms with E-state index >= 15 is 0 Å². The first-order valence-corrected chi connectivity index (χ1v) is 5.03. The van der Waals surface area contributed by atoms with Gasteiger partial charge in [-0.25, -0.2) is 0 Å². The smallest absolute Gasteiger partial charge is 0.0363 e. The Morgan fingerprint density at radius 2 is 2.17 bits per heavy atom. The highest BCUT2D eigenvalue weighted by Gasteiger charge is 2.06. The average Bonchev–Trinajstić information content (AvgIpc) is 2.08. The van der Waals surface area contributed by atoms with Gasteiger partial charge in [0.25, 0.3) is 0 Å². The third-order valence-electron chi connectivity index (χ3n) is 1.89. The lowest BCUT2D eigenvalue weighted by Crippen LogP contribution is -2.11. The number of halogens is 1. The molecule has 0 saturated heterocycles. The Morgan fingerprint density at radius 3 is 2.75 bits per heavy atom. The van der Waals surface area contributed by atoms with Crippen LogP contribution in [0.15, 0.2) is 18.2 Å². The summed E-state index contributed by atoms with van der Waals surface area (Å²) >= 11 is 2.26. The molecular weight excluding hydrogens is 263 g/mol. The highest BCUT2D eigenvalue weighted by molar-refractivity contribution is 14.1. The number of hydrogen-bond acceptors (Lipinski definition) is 2. The first-order valence-electron chi connectivity index (χ1n) is 3.95. The minimum Gasteiger partial charge on any atom is -0.398 e. The van der Waals surface area contributed by atoms with E-state index in [1.807, 2.05) is 18.2 Å². The van der Waals surface area contributed by atoms with Gasteiger partial charge in [-0.2, -0.15) is 0 Å². The van der Waals surface area contributed by atoms with Crippen LogP contribution in [0.3, 0.4) is 0 Å². The first-order chi connectivity index (χ1) is 5.65. The lowest BCUT2D eigenvalue weighted by atomic mass is 10.0. The molecule has 0 fully saturated rings. The van der Waals surface area contributed by atoms with Crippen LogP contribution >= 0.6 is 22.6 Å². The molecule has 0 unspecified atom stereocenters. The predicted octanol–water partition coefficient (Wildman–Crippen LogP) is 2.28. The van der Waals surface area contributed by atoms with E-state index in [0.29, 0.717) is 0 Å². The van der Waals surface area contributed by atoms with Gasteiger partial charge in [0, 0.05) is 15.3 Å². The molecule has 0 saturated carbocycles. The standard InChI is InChI=1S/C9H13IN2/c1-2-8(11)7-5-6(10)3-4-9(7)12/h3-5,8H,2,11-12H2,1H3/t8-/m0/s1. The van der Waals surface area contributed by atoms with Gasteiger partial charge in [-0.15, -0.1) is 0 Å². The van der Waals surface area contributed by atoms with E-state index in [9.17, 15) is 0 Å². The van der Waals surface area contributed by atoms with Crippen molar-refractivity contribution in [2.24, 2.45) is 5.73 Å². The Balaban J connectivity index is 3.04. The molecule has 0 spiro atoms. The summed E-state index contributed by atoms with van der Waals surface area (Å²) in [6.07, 6.45) is 0.921. The highest BCUT2D eigenvalue weighted by Crippen LogP contribution is 2.22. The van der Waals surface area contributed by atoms with Gasteiger partial charge >= 0.3 is 0 Å². The third-order valence-corrected chi connectivity index (χ3v) is 2.56. The van der Waals surface area contributed by atoms with E-state index in [0.717, 1.165) is 17.7 Å². The number of anilines is 1. The lowest BCUT2D eigenvalue weighted by molar-refractivity contribution is 0.700. The number of hydrogen-bond donors (Lipinski definition) is 2. The lowest BCUT2D eigenvalue weighted by Gasteiger charge is -2.12. The van der Waals surface area contributed by atoms with Crippen molar-refractivity contribution >= 4 is 28.3 Å². The molecule has 12 heavy (non-hydrogen) atoms. The van der Waals surface area contributed by atoms with Crippen molar-refractivity contribution in [1.82, 2.24) is 0 Å². The Hall–Kier alpha value is -0.290. The van der Waals surface area contributed by atoms with Gasteiger partial charge in [0.2, 0.25) is 0 Å². The van der Waals surface area contributed by atoms with Crippen LogP contribution in [0.25, 0.3) is 0 Å². The molecule has 1 atom stereocenters. The summed E-state index contributed by atoms with van der Waals surface area (Å²) in [5.41, 5.74) is 13.5. The minimum absolute atomic E-state index is 0.0692. The molecule has 1 aromatic rings. The van der Waals surface area contributed by atoms with Crippen LogP contribution in [0, 0.1) is 3.57 Å². The maximum atomic E-state index is 5.88. The van der Waals surface area contributed by atoms with E-state index in [-0.39, 0.29) is 6.04 Å².